The molecule has 0 saturated carbocycles. The summed E-state index contributed by atoms with van der Waals surface area (Å²) in [5.41, 5.74) is 8.01. The van der Waals surface area contributed by atoms with Crippen molar-refractivity contribution >= 4 is 24.8 Å². The second-order valence-corrected chi connectivity index (χ2v) is 4.22. The van der Waals surface area contributed by atoms with Gasteiger partial charge in [0.1, 0.15) is 0 Å². The van der Waals surface area contributed by atoms with E-state index in [9.17, 15) is 5.11 Å². The molecule has 1 fully saturated rings. The van der Waals surface area contributed by atoms with E-state index in [0.717, 1.165) is 24.9 Å². The number of aliphatic hydroxyl groups excluding tert-OH is 1. The Morgan fingerprint density at radius 1 is 1.18 bits per heavy atom. The molecule has 0 spiro atoms. The van der Waals surface area contributed by atoms with Crippen LogP contribution in [-0.4, -0.2) is 23.8 Å². The van der Waals surface area contributed by atoms with Crippen LogP contribution in [0.3, 0.4) is 0 Å². The first-order valence-corrected chi connectivity index (χ1v) is 5.47. The summed E-state index contributed by atoms with van der Waals surface area (Å²) in [5.74, 6) is 0. The molecule has 1 aromatic carbocycles. The fraction of sp³-hybridized carbons (Fsp3) is 0.500. The molecule has 1 heterocycles. The normalized spacial score (nSPS) is 22.7. The van der Waals surface area contributed by atoms with Crippen LogP contribution in [0.4, 0.5) is 0 Å². The van der Waals surface area contributed by atoms with E-state index in [1.807, 2.05) is 0 Å². The van der Waals surface area contributed by atoms with E-state index in [0.29, 0.717) is 12.6 Å². The van der Waals surface area contributed by atoms with E-state index in [1.165, 1.54) is 5.56 Å². The third-order valence-electron chi connectivity index (χ3n) is 2.94. The average molecular weight is 279 g/mol. The summed E-state index contributed by atoms with van der Waals surface area (Å²) in [6.45, 7) is 1.33. The van der Waals surface area contributed by atoms with Gasteiger partial charge in [-0.05, 0) is 24.0 Å². The zero-order valence-electron chi connectivity index (χ0n) is 9.63. The minimum Gasteiger partial charge on any atom is -0.392 e. The standard InChI is InChI=1S/C12H18N2O.2ClH/c13-7-10-3-1-9(2-4-10)5-11-6-12(15)8-14-11;;/h1-4,11-12,14-15H,5-8,13H2;2*1H/t11-,12-;;/m1../s1. The van der Waals surface area contributed by atoms with Crippen LogP contribution >= 0.6 is 24.8 Å². The van der Waals surface area contributed by atoms with Crippen molar-refractivity contribution in [3.8, 4) is 0 Å². The molecule has 98 valence electrons. The van der Waals surface area contributed by atoms with Gasteiger partial charge in [-0.3, -0.25) is 0 Å². The van der Waals surface area contributed by atoms with Crippen LogP contribution < -0.4 is 11.1 Å². The number of halogens is 2. The maximum absolute atomic E-state index is 9.38. The molecule has 0 radical (unpaired) electrons. The Morgan fingerprint density at radius 2 is 1.76 bits per heavy atom. The Kier molecular flexibility index (Phi) is 7.75. The van der Waals surface area contributed by atoms with Crippen LogP contribution in [0.2, 0.25) is 0 Å². The molecule has 0 amide bonds. The third-order valence-corrected chi connectivity index (χ3v) is 2.94. The summed E-state index contributed by atoms with van der Waals surface area (Å²) in [6.07, 6.45) is 1.68. The van der Waals surface area contributed by atoms with Crippen molar-refractivity contribution in [2.75, 3.05) is 6.54 Å². The Labute approximate surface area is 115 Å². The van der Waals surface area contributed by atoms with Crippen LogP contribution in [0.25, 0.3) is 0 Å². The maximum atomic E-state index is 9.38. The van der Waals surface area contributed by atoms with Crippen molar-refractivity contribution in [1.29, 1.82) is 0 Å². The van der Waals surface area contributed by atoms with Crippen LogP contribution in [0.1, 0.15) is 17.5 Å². The highest BCUT2D eigenvalue weighted by Gasteiger charge is 2.21. The molecule has 4 N–H and O–H groups in total. The van der Waals surface area contributed by atoms with E-state index < -0.39 is 0 Å². The minimum absolute atomic E-state index is 0. The van der Waals surface area contributed by atoms with Crippen molar-refractivity contribution in [1.82, 2.24) is 5.32 Å². The highest BCUT2D eigenvalue weighted by Crippen LogP contribution is 2.13. The summed E-state index contributed by atoms with van der Waals surface area (Å²) in [6, 6.07) is 8.80. The molecule has 1 aromatic rings. The molecule has 17 heavy (non-hydrogen) atoms. The highest BCUT2D eigenvalue weighted by atomic mass is 35.5. The molecule has 2 rings (SSSR count). The predicted molar refractivity (Wildman–Crippen MR) is 74.9 cm³/mol. The smallest absolute Gasteiger partial charge is 0.0679 e. The van der Waals surface area contributed by atoms with Crippen LogP contribution in [0.15, 0.2) is 24.3 Å². The average Bonchev–Trinajstić information content (AvgIpc) is 2.65. The monoisotopic (exact) mass is 278 g/mol. The number of hydrogen-bond acceptors (Lipinski definition) is 3. The number of nitrogens with one attached hydrogen (secondary N) is 1. The molecule has 1 aliphatic rings. The summed E-state index contributed by atoms with van der Waals surface area (Å²) in [5, 5.41) is 12.7. The Hall–Kier alpha value is -0.320. The van der Waals surface area contributed by atoms with Crippen molar-refractivity contribution in [2.24, 2.45) is 5.73 Å². The summed E-state index contributed by atoms with van der Waals surface area (Å²) < 4.78 is 0. The molecule has 1 saturated heterocycles. The van der Waals surface area contributed by atoms with Gasteiger partial charge in [-0.1, -0.05) is 24.3 Å². The minimum atomic E-state index is -0.168. The molecule has 0 aromatic heterocycles. The lowest BCUT2D eigenvalue weighted by molar-refractivity contribution is 0.193. The second-order valence-electron chi connectivity index (χ2n) is 4.22. The van der Waals surface area contributed by atoms with E-state index in [-0.39, 0.29) is 30.9 Å². The van der Waals surface area contributed by atoms with Gasteiger partial charge in [0.25, 0.3) is 0 Å². The maximum Gasteiger partial charge on any atom is 0.0679 e. The fourth-order valence-electron chi connectivity index (χ4n) is 2.05. The topological polar surface area (TPSA) is 58.3 Å². The van der Waals surface area contributed by atoms with Crippen LogP contribution in [0.5, 0.6) is 0 Å². The van der Waals surface area contributed by atoms with Crippen molar-refractivity contribution in [3.63, 3.8) is 0 Å². The van der Waals surface area contributed by atoms with Gasteiger partial charge in [-0.2, -0.15) is 0 Å². The van der Waals surface area contributed by atoms with Gasteiger partial charge < -0.3 is 16.2 Å². The van der Waals surface area contributed by atoms with E-state index in [2.05, 4.69) is 29.6 Å². The fourth-order valence-corrected chi connectivity index (χ4v) is 2.05. The van der Waals surface area contributed by atoms with Gasteiger partial charge in [-0.15, -0.1) is 24.8 Å². The number of nitrogens with two attached hydrogens (primary N) is 1. The molecule has 2 atom stereocenters. The van der Waals surface area contributed by atoms with Gasteiger partial charge in [0.15, 0.2) is 0 Å². The Balaban J connectivity index is 0.00000128. The van der Waals surface area contributed by atoms with Gasteiger partial charge in [0.2, 0.25) is 0 Å². The summed E-state index contributed by atoms with van der Waals surface area (Å²) >= 11 is 0. The molecule has 5 heteroatoms. The van der Waals surface area contributed by atoms with E-state index in [4.69, 9.17) is 5.73 Å². The lowest BCUT2D eigenvalue weighted by atomic mass is 10.0. The molecule has 1 aliphatic heterocycles. The number of aliphatic hydroxyl groups is 1. The van der Waals surface area contributed by atoms with Crippen LogP contribution in [0, 0.1) is 0 Å². The number of benzene rings is 1. The van der Waals surface area contributed by atoms with Crippen molar-refractivity contribution in [3.05, 3.63) is 35.4 Å². The number of rotatable bonds is 3. The zero-order chi connectivity index (χ0) is 10.7. The molecule has 0 aliphatic carbocycles. The van der Waals surface area contributed by atoms with Crippen LogP contribution in [-0.2, 0) is 13.0 Å². The quantitative estimate of drug-likeness (QED) is 0.780. The van der Waals surface area contributed by atoms with Gasteiger partial charge >= 0.3 is 0 Å². The Bertz CT molecular complexity index is 319. The molecule has 0 bridgehead atoms. The molecule has 3 nitrogen and oxygen atoms in total. The Morgan fingerprint density at radius 3 is 2.24 bits per heavy atom. The predicted octanol–water partition coefficient (Wildman–Crippen LogP) is 1.25. The van der Waals surface area contributed by atoms with E-state index >= 15 is 0 Å². The summed E-state index contributed by atoms with van der Waals surface area (Å²) in [4.78, 5) is 0. The number of β-amino-alcohol motifs (C(OH)–C–C–N with tert-alkyl or cyclic N) is 1. The molecular weight excluding hydrogens is 259 g/mol. The van der Waals surface area contributed by atoms with E-state index in [1.54, 1.807) is 0 Å². The van der Waals surface area contributed by atoms with Gasteiger partial charge in [0.05, 0.1) is 6.10 Å². The number of hydrogen-bond donors (Lipinski definition) is 3. The first-order valence-electron chi connectivity index (χ1n) is 5.47. The van der Waals surface area contributed by atoms with Gasteiger partial charge in [-0.25, -0.2) is 0 Å². The molecular formula is C12H20Cl2N2O. The first-order chi connectivity index (χ1) is 7.28. The van der Waals surface area contributed by atoms with Gasteiger partial charge in [0, 0.05) is 19.1 Å². The first kappa shape index (κ1) is 16.7. The highest BCUT2D eigenvalue weighted by molar-refractivity contribution is 5.85. The van der Waals surface area contributed by atoms with Crippen molar-refractivity contribution in [2.45, 2.75) is 31.5 Å². The summed E-state index contributed by atoms with van der Waals surface area (Å²) in [7, 11) is 0. The second kappa shape index (κ2) is 7.90. The third kappa shape index (κ3) is 4.82. The SMILES string of the molecule is Cl.Cl.NCc1ccc(C[C@@H]2C[C@@H](O)CN2)cc1. The molecule has 0 unspecified atom stereocenters. The largest absolute Gasteiger partial charge is 0.392 e. The lowest BCUT2D eigenvalue weighted by Crippen LogP contribution is -2.23. The zero-order valence-corrected chi connectivity index (χ0v) is 11.3. The van der Waals surface area contributed by atoms with Crippen molar-refractivity contribution < 1.29 is 5.11 Å². The lowest BCUT2D eigenvalue weighted by Gasteiger charge is -2.10.